The lowest BCUT2D eigenvalue weighted by Crippen LogP contribution is -2.18. The summed E-state index contributed by atoms with van der Waals surface area (Å²) >= 11 is 1.49. The quantitative estimate of drug-likeness (QED) is 0.787. The summed E-state index contributed by atoms with van der Waals surface area (Å²) < 4.78 is 4.15. The molecule has 0 radical (unpaired) electrons. The van der Waals surface area contributed by atoms with Gasteiger partial charge in [-0.15, -0.1) is 5.10 Å². The Hall–Kier alpha value is -1.78. The van der Waals surface area contributed by atoms with Crippen molar-refractivity contribution in [2.75, 3.05) is 7.05 Å². The average Bonchev–Trinajstić information content (AvgIpc) is 2.97. The van der Waals surface area contributed by atoms with Crippen molar-refractivity contribution in [1.82, 2.24) is 14.9 Å². The molecule has 1 heterocycles. The number of aromatic nitrogens is 2. The summed E-state index contributed by atoms with van der Waals surface area (Å²) in [5.41, 5.74) is 2.34. The van der Waals surface area contributed by atoms with Crippen LogP contribution < -0.4 is 5.32 Å². The summed E-state index contributed by atoms with van der Waals surface area (Å²) in [6, 6.07) is 15.2. The van der Waals surface area contributed by atoms with Crippen molar-refractivity contribution in [2.24, 2.45) is 0 Å². The van der Waals surface area contributed by atoms with Gasteiger partial charge < -0.3 is 5.32 Å². The largest absolute Gasteiger partial charge is 0.309 e. The van der Waals surface area contributed by atoms with E-state index in [4.69, 9.17) is 0 Å². The van der Waals surface area contributed by atoms with E-state index in [0.29, 0.717) is 5.92 Å². The van der Waals surface area contributed by atoms with Crippen LogP contribution in [0.15, 0.2) is 42.5 Å². The minimum atomic E-state index is 0.145. The molecule has 0 aliphatic rings. The zero-order chi connectivity index (χ0) is 14.8. The van der Waals surface area contributed by atoms with Gasteiger partial charge in [-0.2, -0.15) is 0 Å². The van der Waals surface area contributed by atoms with Crippen LogP contribution in [-0.2, 0) is 0 Å². The maximum absolute atomic E-state index is 4.30. The molecule has 0 spiro atoms. The highest BCUT2D eigenvalue weighted by Crippen LogP contribution is 2.31. The molecule has 0 saturated carbocycles. The second kappa shape index (κ2) is 5.92. The van der Waals surface area contributed by atoms with Gasteiger partial charge in [-0.25, -0.2) is 0 Å². The van der Waals surface area contributed by atoms with E-state index < -0.39 is 0 Å². The molecule has 1 N–H and O–H groups in total. The van der Waals surface area contributed by atoms with Gasteiger partial charge in [-0.05, 0) is 46.9 Å². The Morgan fingerprint density at radius 1 is 1.05 bits per heavy atom. The smallest absolute Gasteiger partial charge is 0.0832 e. The molecule has 3 aromatic rings. The SMILES string of the molecule is CNC(c1ccc2ccccc2c1)c1snnc1C(C)C. The van der Waals surface area contributed by atoms with E-state index in [-0.39, 0.29) is 6.04 Å². The van der Waals surface area contributed by atoms with Gasteiger partial charge in [0.2, 0.25) is 0 Å². The predicted molar refractivity (Wildman–Crippen MR) is 88.8 cm³/mol. The van der Waals surface area contributed by atoms with Crippen molar-refractivity contribution in [3.63, 3.8) is 0 Å². The summed E-state index contributed by atoms with van der Waals surface area (Å²) in [4.78, 5) is 1.21. The van der Waals surface area contributed by atoms with Gasteiger partial charge in [0.05, 0.1) is 16.6 Å². The second-order valence-electron chi connectivity index (χ2n) is 5.51. The molecule has 3 rings (SSSR count). The Bertz CT molecular complexity index is 748. The van der Waals surface area contributed by atoms with Crippen LogP contribution >= 0.6 is 11.5 Å². The minimum absolute atomic E-state index is 0.145. The van der Waals surface area contributed by atoms with Gasteiger partial charge in [-0.3, -0.25) is 0 Å². The second-order valence-corrected chi connectivity index (χ2v) is 6.29. The zero-order valence-electron chi connectivity index (χ0n) is 12.5. The fourth-order valence-corrected chi connectivity index (χ4v) is 3.59. The molecule has 0 amide bonds. The van der Waals surface area contributed by atoms with Crippen LogP contribution in [-0.4, -0.2) is 16.6 Å². The Morgan fingerprint density at radius 3 is 2.52 bits per heavy atom. The summed E-state index contributed by atoms with van der Waals surface area (Å²) in [5, 5.41) is 10.2. The molecule has 21 heavy (non-hydrogen) atoms. The summed E-state index contributed by atoms with van der Waals surface area (Å²) in [5.74, 6) is 0.384. The normalized spacial score (nSPS) is 13.0. The van der Waals surface area contributed by atoms with E-state index in [1.807, 2.05) is 7.05 Å². The summed E-state index contributed by atoms with van der Waals surface area (Å²) in [6.45, 7) is 4.32. The molecular formula is C17H19N3S. The highest BCUT2D eigenvalue weighted by Gasteiger charge is 2.21. The van der Waals surface area contributed by atoms with Gasteiger partial charge in [0, 0.05) is 0 Å². The number of fused-ring (bicyclic) bond motifs is 1. The summed E-state index contributed by atoms with van der Waals surface area (Å²) in [6.07, 6.45) is 0. The number of nitrogens with zero attached hydrogens (tertiary/aromatic N) is 2. The summed E-state index contributed by atoms with van der Waals surface area (Å²) in [7, 11) is 1.99. The van der Waals surface area contributed by atoms with E-state index in [0.717, 1.165) is 5.69 Å². The Morgan fingerprint density at radius 2 is 1.81 bits per heavy atom. The lowest BCUT2D eigenvalue weighted by molar-refractivity contribution is 0.679. The molecule has 0 saturated heterocycles. The molecule has 4 heteroatoms. The van der Waals surface area contributed by atoms with Crippen molar-refractivity contribution in [3.05, 3.63) is 58.6 Å². The fourth-order valence-electron chi connectivity index (χ4n) is 2.64. The molecule has 0 fully saturated rings. The standard InChI is InChI=1S/C17H19N3S/c1-11(2)15-17(21-20-19-15)16(18-3)14-9-8-12-6-4-5-7-13(12)10-14/h4-11,16,18H,1-3H3. The number of nitrogens with one attached hydrogen (secondary N) is 1. The first-order valence-corrected chi connectivity index (χ1v) is 7.96. The van der Waals surface area contributed by atoms with Crippen LogP contribution in [0.3, 0.4) is 0 Å². The maximum atomic E-state index is 4.30. The van der Waals surface area contributed by atoms with E-state index in [1.54, 1.807) is 0 Å². The van der Waals surface area contributed by atoms with E-state index in [2.05, 4.69) is 71.2 Å². The number of hydrogen-bond donors (Lipinski definition) is 1. The van der Waals surface area contributed by atoms with Crippen LogP contribution in [0.25, 0.3) is 10.8 Å². The molecular weight excluding hydrogens is 278 g/mol. The van der Waals surface area contributed by atoms with Crippen molar-refractivity contribution in [3.8, 4) is 0 Å². The number of hydrogen-bond acceptors (Lipinski definition) is 4. The van der Waals surface area contributed by atoms with Gasteiger partial charge in [0.15, 0.2) is 0 Å². The lowest BCUT2D eigenvalue weighted by atomic mass is 9.98. The molecule has 1 aromatic heterocycles. The van der Waals surface area contributed by atoms with Crippen LogP contribution in [0, 0.1) is 0 Å². The highest BCUT2D eigenvalue weighted by molar-refractivity contribution is 7.05. The monoisotopic (exact) mass is 297 g/mol. The molecule has 2 aromatic carbocycles. The average molecular weight is 297 g/mol. The number of rotatable bonds is 4. The predicted octanol–water partition coefficient (Wildman–Crippen LogP) is 4.12. The van der Waals surface area contributed by atoms with Crippen molar-refractivity contribution in [2.45, 2.75) is 25.8 Å². The third kappa shape index (κ3) is 2.69. The maximum Gasteiger partial charge on any atom is 0.0832 e. The highest BCUT2D eigenvalue weighted by atomic mass is 32.1. The van der Waals surface area contributed by atoms with Crippen molar-refractivity contribution in [1.29, 1.82) is 0 Å². The molecule has 1 unspecified atom stereocenters. The number of benzene rings is 2. The van der Waals surface area contributed by atoms with Gasteiger partial charge >= 0.3 is 0 Å². The molecule has 0 aliphatic heterocycles. The Labute approximate surface area is 129 Å². The van der Waals surface area contributed by atoms with E-state index >= 15 is 0 Å². The first-order valence-electron chi connectivity index (χ1n) is 7.19. The van der Waals surface area contributed by atoms with Gasteiger partial charge in [0.1, 0.15) is 0 Å². The lowest BCUT2D eigenvalue weighted by Gasteiger charge is -2.17. The first-order chi connectivity index (χ1) is 10.2. The fraction of sp³-hybridized carbons (Fsp3) is 0.294. The molecule has 0 aliphatic carbocycles. The molecule has 0 bridgehead atoms. The molecule has 108 valence electrons. The third-order valence-electron chi connectivity index (χ3n) is 3.74. The molecule has 3 nitrogen and oxygen atoms in total. The third-order valence-corrected chi connectivity index (χ3v) is 4.55. The first kappa shape index (κ1) is 14.2. The van der Waals surface area contributed by atoms with Crippen LogP contribution in [0.5, 0.6) is 0 Å². The van der Waals surface area contributed by atoms with Gasteiger partial charge in [-0.1, -0.05) is 54.7 Å². The van der Waals surface area contributed by atoms with Crippen LogP contribution in [0.2, 0.25) is 0 Å². The topological polar surface area (TPSA) is 37.8 Å². The van der Waals surface area contributed by atoms with E-state index in [9.17, 15) is 0 Å². The van der Waals surface area contributed by atoms with Crippen molar-refractivity contribution >= 4 is 22.3 Å². The zero-order valence-corrected chi connectivity index (χ0v) is 13.3. The van der Waals surface area contributed by atoms with Crippen LogP contribution in [0.1, 0.15) is 41.9 Å². The minimum Gasteiger partial charge on any atom is -0.309 e. The van der Waals surface area contributed by atoms with Crippen molar-refractivity contribution < 1.29 is 0 Å². The van der Waals surface area contributed by atoms with E-state index in [1.165, 1.54) is 32.7 Å². The Kier molecular flexibility index (Phi) is 3.99. The molecule has 1 atom stereocenters. The van der Waals surface area contributed by atoms with Gasteiger partial charge in [0.25, 0.3) is 0 Å². The Balaban J connectivity index is 2.07. The van der Waals surface area contributed by atoms with Crippen LogP contribution in [0.4, 0.5) is 0 Å².